The van der Waals surface area contributed by atoms with Crippen LogP contribution in [0.5, 0.6) is 5.75 Å². The van der Waals surface area contributed by atoms with Crippen LogP contribution in [0.3, 0.4) is 0 Å². The standard InChI is InChI=1S/C15H12N4O6S/c1-24-12(20)7-25-11-4-3-8(5-10(11)19(22)23)13-9(6-16)14(21)18-15(17-13)26-2/h3-5H,7H2,1-2H3,(H,17,18,21). The van der Waals surface area contributed by atoms with Crippen molar-refractivity contribution in [1.29, 1.82) is 5.26 Å². The number of hydrogen-bond donors (Lipinski definition) is 1. The smallest absolute Gasteiger partial charge is 0.343 e. The van der Waals surface area contributed by atoms with Gasteiger partial charge in [0.2, 0.25) is 0 Å². The first-order chi connectivity index (χ1) is 12.4. The van der Waals surface area contributed by atoms with E-state index in [9.17, 15) is 25.0 Å². The van der Waals surface area contributed by atoms with Crippen LogP contribution in [-0.4, -0.2) is 40.8 Å². The third-order valence-corrected chi connectivity index (χ3v) is 3.79. The van der Waals surface area contributed by atoms with Crippen molar-refractivity contribution in [3.8, 4) is 23.1 Å². The molecule has 0 unspecified atom stereocenters. The van der Waals surface area contributed by atoms with Crippen LogP contribution >= 0.6 is 11.8 Å². The number of methoxy groups -OCH3 is 1. The first-order valence-corrected chi connectivity index (χ1v) is 8.20. The number of thioether (sulfide) groups is 1. The van der Waals surface area contributed by atoms with Gasteiger partial charge in [0.1, 0.15) is 11.6 Å². The molecule has 0 amide bonds. The average Bonchev–Trinajstić information content (AvgIpc) is 2.64. The largest absolute Gasteiger partial charge is 0.475 e. The SMILES string of the molecule is COC(=O)COc1ccc(-c2nc(SC)[nH]c(=O)c2C#N)cc1[N+](=O)[O-]. The van der Waals surface area contributed by atoms with Gasteiger partial charge in [-0.15, -0.1) is 0 Å². The van der Waals surface area contributed by atoms with Crippen molar-refractivity contribution in [3.05, 3.63) is 44.2 Å². The third-order valence-electron chi connectivity index (χ3n) is 3.21. The lowest BCUT2D eigenvalue weighted by molar-refractivity contribution is -0.385. The second-order valence-electron chi connectivity index (χ2n) is 4.72. The number of ether oxygens (including phenoxy) is 2. The minimum absolute atomic E-state index is 0.0169. The quantitative estimate of drug-likeness (QED) is 0.260. The van der Waals surface area contributed by atoms with Gasteiger partial charge in [-0.25, -0.2) is 9.78 Å². The molecule has 0 aliphatic heterocycles. The van der Waals surface area contributed by atoms with Crippen molar-refractivity contribution >= 4 is 23.4 Å². The fourth-order valence-corrected chi connectivity index (χ4v) is 2.36. The van der Waals surface area contributed by atoms with E-state index in [0.717, 1.165) is 24.9 Å². The van der Waals surface area contributed by atoms with Gasteiger partial charge in [0, 0.05) is 11.6 Å². The Bertz CT molecular complexity index is 966. The maximum Gasteiger partial charge on any atom is 0.343 e. The zero-order chi connectivity index (χ0) is 19.3. The zero-order valence-electron chi connectivity index (χ0n) is 13.6. The molecule has 1 aromatic carbocycles. The van der Waals surface area contributed by atoms with Crippen LogP contribution in [0.1, 0.15) is 5.56 Å². The van der Waals surface area contributed by atoms with Crippen LogP contribution in [-0.2, 0) is 9.53 Å². The van der Waals surface area contributed by atoms with Crippen molar-refractivity contribution in [2.24, 2.45) is 0 Å². The fourth-order valence-electron chi connectivity index (χ4n) is 1.99. The van der Waals surface area contributed by atoms with Crippen LogP contribution in [0.15, 0.2) is 28.2 Å². The van der Waals surface area contributed by atoms with Gasteiger partial charge in [0.15, 0.2) is 17.5 Å². The number of nitrogens with zero attached hydrogens (tertiary/aromatic N) is 3. The van der Waals surface area contributed by atoms with Crippen LogP contribution in [0.2, 0.25) is 0 Å². The number of nitrogens with one attached hydrogen (secondary N) is 1. The summed E-state index contributed by atoms with van der Waals surface area (Å²) in [5.41, 5.74) is -1.14. The van der Waals surface area contributed by atoms with Gasteiger partial charge in [0.25, 0.3) is 5.56 Å². The molecule has 26 heavy (non-hydrogen) atoms. The maximum absolute atomic E-state index is 12.0. The first-order valence-electron chi connectivity index (χ1n) is 6.98. The molecule has 0 radical (unpaired) electrons. The Morgan fingerprint density at radius 3 is 2.81 bits per heavy atom. The molecule has 0 aliphatic carbocycles. The van der Waals surface area contributed by atoms with E-state index in [2.05, 4.69) is 14.7 Å². The summed E-state index contributed by atoms with van der Waals surface area (Å²) < 4.78 is 9.51. The van der Waals surface area contributed by atoms with E-state index in [1.807, 2.05) is 0 Å². The lowest BCUT2D eigenvalue weighted by Gasteiger charge is -2.08. The highest BCUT2D eigenvalue weighted by molar-refractivity contribution is 7.98. The summed E-state index contributed by atoms with van der Waals surface area (Å²) in [6, 6.07) is 5.54. The summed E-state index contributed by atoms with van der Waals surface area (Å²) in [6.45, 7) is -0.500. The van der Waals surface area contributed by atoms with E-state index in [1.54, 1.807) is 12.3 Å². The number of nitriles is 1. The van der Waals surface area contributed by atoms with E-state index in [-0.39, 0.29) is 27.7 Å². The van der Waals surface area contributed by atoms with Crippen LogP contribution in [0.25, 0.3) is 11.3 Å². The summed E-state index contributed by atoms with van der Waals surface area (Å²) >= 11 is 1.15. The molecule has 10 nitrogen and oxygen atoms in total. The number of aromatic nitrogens is 2. The van der Waals surface area contributed by atoms with Gasteiger partial charge in [-0.05, 0) is 18.4 Å². The van der Waals surface area contributed by atoms with E-state index in [0.29, 0.717) is 0 Å². The van der Waals surface area contributed by atoms with Gasteiger partial charge in [-0.2, -0.15) is 5.26 Å². The average molecular weight is 376 g/mol. The molecule has 0 saturated heterocycles. The highest BCUT2D eigenvalue weighted by Crippen LogP contribution is 2.32. The maximum atomic E-state index is 12.0. The number of esters is 1. The van der Waals surface area contributed by atoms with E-state index in [1.165, 1.54) is 12.1 Å². The number of rotatable bonds is 6. The second kappa shape index (κ2) is 8.13. The number of aromatic amines is 1. The number of carbonyl (C=O) groups excluding carboxylic acids is 1. The molecule has 0 aliphatic rings. The van der Waals surface area contributed by atoms with Gasteiger partial charge < -0.3 is 14.5 Å². The Morgan fingerprint density at radius 2 is 2.23 bits per heavy atom. The van der Waals surface area contributed by atoms with Crippen molar-refractivity contribution < 1.29 is 19.2 Å². The predicted octanol–water partition coefficient (Wildman–Crippen LogP) is 1.49. The van der Waals surface area contributed by atoms with Crippen LogP contribution in [0, 0.1) is 21.4 Å². The molecule has 11 heteroatoms. The topological polar surface area (TPSA) is 148 Å². The number of nitro benzene ring substituents is 1. The van der Waals surface area contributed by atoms with Gasteiger partial charge in [0.05, 0.1) is 17.7 Å². The second-order valence-corrected chi connectivity index (χ2v) is 5.51. The summed E-state index contributed by atoms with van der Waals surface area (Å²) in [6.07, 6.45) is 1.68. The van der Waals surface area contributed by atoms with E-state index >= 15 is 0 Å². The lowest BCUT2D eigenvalue weighted by Crippen LogP contribution is -2.15. The predicted molar refractivity (Wildman–Crippen MR) is 91.0 cm³/mol. The molecule has 0 atom stereocenters. The monoisotopic (exact) mass is 376 g/mol. The molecular weight excluding hydrogens is 364 g/mol. The summed E-state index contributed by atoms with van der Waals surface area (Å²) in [7, 11) is 1.16. The fraction of sp³-hybridized carbons (Fsp3) is 0.200. The molecule has 1 heterocycles. The molecule has 2 aromatic rings. The number of carbonyl (C=O) groups is 1. The van der Waals surface area contributed by atoms with Gasteiger partial charge in [-0.3, -0.25) is 14.9 Å². The summed E-state index contributed by atoms with van der Waals surface area (Å²) in [5, 5.41) is 20.8. The Labute approximate surface area is 150 Å². The Kier molecular flexibility index (Phi) is 5.92. The first kappa shape index (κ1) is 18.9. The minimum Gasteiger partial charge on any atom is -0.475 e. The van der Waals surface area contributed by atoms with Crippen molar-refractivity contribution in [2.75, 3.05) is 20.0 Å². The minimum atomic E-state index is -0.704. The van der Waals surface area contributed by atoms with E-state index < -0.39 is 28.7 Å². The van der Waals surface area contributed by atoms with Crippen molar-refractivity contribution in [2.45, 2.75) is 5.16 Å². The zero-order valence-corrected chi connectivity index (χ0v) is 14.5. The molecule has 1 aromatic heterocycles. The van der Waals surface area contributed by atoms with Gasteiger partial charge >= 0.3 is 11.7 Å². The normalized spacial score (nSPS) is 10.0. The van der Waals surface area contributed by atoms with Crippen molar-refractivity contribution in [1.82, 2.24) is 9.97 Å². The number of H-pyrrole nitrogens is 1. The molecular formula is C15H12N4O6S. The van der Waals surface area contributed by atoms with E-state index in [4.69, 9.17) is 4.74 Å². The Balaban J connectivity index is 2.56. The third kappa shape index (κ3) is 3.98. The molecule has 0 spiro atoms. The van der Waals surface area contributed by atoms with Crippen LogP contribution in [0.4, 0.5) is 5.69 Å². The number of nitro groups is 1. The summed E-state index contributed by atoms with van der Waals surface area (Å²) in [5.74, 6) is -0.853. The highest BCUT2D eigenvalue weighted by Gasteiger charge is 2.21. The number of benzene rings is 1. The highest BCUT2D eigenvalue weighted by atomic mass is 32.2. The van der Waals surface area contributed by atoms with Crippen LogP contribution < -0.4 is 10.3 Å². The molecule has 2 rings (SSSR count). The molecule has 1 N–H and O–H groups in total. The van der Waals surface area contributed by atoms with Gasteiger partial charge in [-0.1, -0.05) is 11.8 Å². The Hall–Kier alpha value is -3.39. The summed E-state index contributed by atoms with van der Waals surface area (Å²) in [4.78, 5) is 40.3. The molecule has 0 fully saturated rings. The Morgan fingerprint density at radius 1 is 1.50 bits per heavy atom. The molecule has 134 valence electrons. The van der Waals surface area contributed by atoms with Crippen molar-refractivity contribution in [3.63, 3.8) is 0 Å². The molecule has 0 bridgehead atoms. The number of hydrogen-bond acceptors (Lipinski definition) is 9. The lowest BCUT2D eigenvalue weighted by atomic mass is 10.1. The molecule has 0 saturated carbocycles.